The van der Waals surface area contributed by atoms with Crippen LogP contribution >= 0.6 is 11.8 Å². The quantitative estimate of drug-likeness (QED) is 0.0615. The maximum Gasteiger partial charge on any atom is 0.306 e. The van der Waals surface area contributed by atoms with Crippen molar-refractivity contribution in [2.75, 3.05) is 18.6 Å². The molecule has 3 amide bonds. The Balaban J connectivity index is 1.38. The van der Waals surface area contributed by atoms with E-state index in [9.17, 15) is 33.6 Å². The highest BCUT2D eigenvalue weighted by Crippen LogP contribution is 2.41. The van der Waals surface area contributed by atoms with Crippen molar-refractivity contribution in [1.82, 2.24) is 25.6 Å². The van der Waals surface area contributed by atoms with Gasteiger partial charge in [0, 0.05) is 75.0 Å². The third-order valence-electron chi connectivity index (χ3n) is 10.6. The molecule has 2 heterocycles. The smallest absolute Gasteiger partial charge is 0.306 e. The second kappa shape index (κ2) is 25.4. The largest absolute Gasteiger partial charge is 0.466 e. The van der Waals surface area contributed by atoms with Crippen molar-refractivity contribution in [1.29, 1.82) is 0 Å². The zero-order chi connectivity index (χ0) is 43.3. The number of Topliss-reactive ketones (excluding diaryl/α,β-unsaturated/α-hetero) is 3. The summed E-state index contributed by atoms with van der Waals surface area (Å²) >= 11 is 0.477. The lowest BCUT2D eigenvalue weighted by Gasteiger charge is -2.29. The lowest BCUT2D eigenvalue weighted by atomic mass is 9.95. The van der Waals surface area contributed by atoms with Crippen LogP contribution in [0.4, 0.5) is 15.3 Å². The first-order valence-electron chi connectivity index (χ1n) is 21.4. The van der Waals surface area contributed by atoms with E-state index in [2.05, 4.69) is 20.9 Å². The van der Waals surface area contributed by atoms with E-state index >= 15 is 0 Å². The number of ether oxygens (including phenoxy) is 1. The summed E-state index contributed by atoms with van der Waals surface area (Å²) in [5.41, 5.74) is 4.92. The van der Waals surface area contributed by atoms with E-state index in [0.717, 1.165) is 53.0 Å². The summed E-state index contributed by atoms with van der Waals surface area (Å²) in [6.45, 7) is 4.75. The number of carbonyl (C=O) groups is 7. The molecule has 1 aromatic heterocycles. The minimum Gasteiger partial charge on any atom is -0.466 e. The number of nitrogens with zero attached hydrogens (tertiary/aromatic N) is 4. The van der Waals surface area contributed by atoms with Gasteiger partial charge in [0.1, 0.15) is 17.3 Å². The van der Waals surface area contributed by atoms with Crippen LogP contribution in [0.5, 0.6) is 0 Å². The summed E-state index contributed by atoms with van der Waals surface area (Å²) < 4.78 is 7.06. The molecule has 1 atom stereocenters. The maximum absolute atomic E-state index is 13.9. The number of aryl methyl sites for hydroxylation is 1. The van der Waals surface area contributed by atoms with Crippen molar-refractivity contribution < 1.29 is 38.3 Å². The van der Waals surface area contributed by atoms with Crippen LogP contribution in [-0.2, 0) is 41.8 Å². The highest BCUT2D eigenvalue weighted by molar-refractivity contribution is 8.26. The van der Waals surface area contributed by atoms with Gasteiger partial charge in [-0.05, 0) is 56.6 Å². The third kappa shape index (κ3) is 14.8. The number of esters is 1. The average molecular weight is 845 g/mol. The Bertz CT molecular complexity index is 1950. The summed E-state index contributed by atoms with van der Waals surface area (Å²) in [6, 6.07) is 14.9. The molecule has 0 fully saturated rings. The van der Waals surface area contributed by atoms with Crippen LogP contribution in [-0.4, -0.2) is 74.4 Å². The molecule has 60 heavy (non-hydrogen) atoms. The van der Waals surface area contributed by atoms with Gasteiger partial charge in [-0.1, -0.05) is 80.8 Å². The summed E-state index contributed by atoms with van der Waals surface area (Å²) in [7, 11) is 1.43. The summed E-state index contributed by atoms with van der Waals surface area (Å²) in [5, 5.41) is 13.3. The van der Waals surface area contributed by atoms with Crippen LogP contribution in [0.15, 0.2) is 48.5 Å². The summed E-state index contributed by atoms with van der Waals surface area (Å²) in [6.07, 6.45) is 8.95. The van der Waals surface area contributed by atoms with Gasteiger partial charge in [-0.15, -0.1) is 5.10 Å². The molecule has 2 aromatic carbocycles. The number of anilines is 1. The fourth-order valence-corrected chi connectivity index (χ4v) is 7.59. The van der Waals surface area contributed by atoms with E-state index in [1.54, 1.807) is 6.92 Å². The SMILES string of the molecule is CCC(=O)CCCCC(=O)N1Cc2ccccc2-c2nnn(CCCCC(NC(=O)SC(=O)NC)C(=O)CCCCCCCOC(=O)CCC(=O)CC)c2-c2ccccc21. The topological polar surface area (TPSA) is 187 Å². The Labute approximate surface area is 357 Å². The average Bonchev–Trinajstić information content (AvgIpc) is 3.67. The van der Waals surface area contributed by atoms with Crippen LogP contribution in [0.1, 0.15) is 129 Å². The van der Waals surface area contributed by atoms with Crippen LogP contribution in [0.25, 0.3) is 22.5 Å². The second-order valence-corrected chi connectivity index (χ2v) is 15.9. The zero-order valence-electron chi connectivity index (χ0n) is 35.3. The lowest BCUT2D eigenvalue weighted by Crippen LogP contribution is -2.39. The predicted octanol–water partition coefficient (Wildman–Crippen LogP) is 8.53. The molecule has 0 bridgehead atoms. The Hall–Kier alpha value is -5.18. The minimum atomic E-state index is -0.766. The number of hydrogen-bond acceptors (Lipinski definition) is 11. The third-order valence-corrected chi connectivity index (χ3v) is 11.3. The number of unbranched alkanes of at least 4 members (excludes halogenated alkanes) is 6. The number of amides is 3. The van der Waals surface area contributed by atoms with Crippen LogP contribution in [0.2, 0.25) is 0 Å². The monoisotopic (exact) mass is 844 g/mol. The Kier molecular flexibility index (Phi) is 20.1. The van der Waals surface area contributed by atoms with Gasteiger partial charge >= 0.3 is 5.97 Å². The molecule has 324 valence electrons. The van der Waals surface area contributed by atoms with E-state index in [-0.39, 0.29) is 48.5 Å². The predicted molar refractivity (Wildman–Crippen MR) is 232 cm³/mol. The van der Waals surface area contributed by atoms with Crippen molar-refractivity contribution in [3.8, 4) is 22.5 Å². The molecular weight excluding hydrogens is 785 g/mol. The van der Waals surface area contributed by atoms with Crippen molar-refractivity contribution in [2.45, 2.75) is 142 Å². The molecule has 0 spiro atoms. The molecule has 0 saturated heterocycles. The molecule has 3 aromatic rings. The fraction of sp³-hybridized carbons (Fsp3) is 0.533. The highest BCUT2D eigenvalue weighted by Gasteiger charge is 2.29. The van der Waals surface area contributed by atoms with E-state index in [1.807, 2.05) is 65.0 Å². The minimum absolute atomic E-state index is 0.0210. The Morgan fingerprint density at radius 3 is 2.17 bits per heavy atom. The summed E-state index contributed by atoms with van der Waals surface area (Å²) in [5.74, 6) is -0.249. The number of hydrogen-bond donors (Lipinski definition) is 2. The van der Waals surface area contributed by atoms with E-state index in [0.29, 0.717) is 102 Å². The summed E-state index contributed by atoms with van der Waals surface area (Å²) in [4.78, 5) is 88.8. The van der Waals surface area contributed by atoms with Crippen molar-refractivity contribution in [3.63, 3.8) is 0 Å². The Morgan fingerprint density at radius 1 is 0.733 bits per heavy atom. The zero-order valence-corrected chi connectivity index (χ0v) is 36.1. The van der Waals surface area contributed by atoms with Crippen molar-refractivity contribution >= 4 is 57.2 Å². The standard InChI is InChI=1S/C45H60N6O8S/c1-4-33(52)20-11-15-26-40(55)50-31-32-19-10-12-21-35(32)42-43(36-22-13-14-24-38(36)50)51(49-48-42)29-17-16-23-37(47-45(58)60-44(57)46-3)39(54)25-9-7-6-8-18-30-59-41(56)28-27-34(53)5-2/h10,12-14,19,21-22,24,37H,4-9,11,15-18,20,23,25-31H2,1-3H3,(H,46,57)(H,47,58). The van der Waals surface area contributed by atoms with Gasteiger partial charge in [0.15, 0.2) is 5.78 Å². The first-order chi connectivity index (χ1) is 29.1. The molecule has 0 saturated carbocycles. The highest BCUT2D eigenvalue weighted by atomic mass is 32.2. The number of thioether (sulfide) groups is 1. The number of nitrogens with one attached hydrogen (secondary N) is 2. The van der Waals surface area contributed by atoms with Gasteiger partial charge in [-0.2, -0.15) is 0 Å². The van der Waals surface area contributed by atoms with Crippen molar-refractivity contribution in [3.05, 3.63) is 54.1 Å². The number of ketones is 3. The molecule has 2 N–H and O–H groups in total. The van der Waals surface area contributed by atoms with Crippen LogP contribution in [0.3, 0.4) is 0 Å². The first-order valence-corrected chi connectivity index (χ1v) is 22.2. The first kappa shape index (κ1) is 47.5. The van der Waals surface area contributed by atoms with Crippen LogP contribution in [0, 0.1) is 0 Å². The normalized spacial score (nSPS) is 12.2. The van der Waals surface area contributed by atoms with Gasteiger partial charge in [0.2, 0.25) is 5.91 Å². The fourth-order valence-electron chi connectivity index (χ4n) is 7.12. The van der Waals surface area contributed by atoms with Gasteiger partial charge in [-0.25, -0.2) is 4.68 Å². The number of benzene rings is 2. The van der Waals surface area contributed by atoms with Gasteiger partial charge in [0.05, 0.1) is 37.0 Å². The number of rotatable bonds is 25. The second-order valence-electron chi connectivity index (χ2n) is 15.0. The maximum atomic E-state index is 13.9. The molecule has 4 rings (SSSR count). The molecule has 0 radical (unpaired) electrons. The molecule has 14 nitrogen and oxygen atoms in total. The number of carbonyl (C=O) groups excluding carboxylic acids is 7. The van der Waals surface area contributed by atoms with E-state index in [4.69, 9.17) is 4.74 Å². The molecule has 1 unspecified atom stereocenters. The number of aromatic nitrogens is 3. The molecular formula is C45H60N6O8S. The molecule has 15 heteroatoms. The van der Waals surface area contributed by atoms with Gasteiger partial charge < -0.3 is 20.3 Å². The number of para-hydroxylation sites is 1. The molecule has 1 aliphatic heterocycles. The van der Waals surface area contributed by atoms with Gasteiger partial charge in [0.25, 0.3) is 10.5 Å². The Morgan fingerprint density at radius 2 is 1.40 bits per heavy atom. The van der Waals surface area contributed by atoms with E-state index < -0.39 is 16.5 Å². The van der Waals surface area contributed by atoms with Crippen LogP contribution < -0.4 is 15.5 Å². The molecule has 0 aliphatic carbocycles. The lowest BCUT2D eigenvalue weighted by molar-refractivity contribution is -0.145. The van der Waals surface area contributed by atoms with Crippen molar-refractivity contribution in [2.24, 2.45) is 0 Å². The molecule has 1 aliphatic rings. The number of fused-ring (bicyclic) bond motifs is 5. The van der Waals surface area contributed by atoms with E-state index in [1.165, 1.54) is 7.05 Å². The van der Waals surface area contributed by atoms with Gasteiger partial charge in [-0.3, -0.25) is 33.6 Å².